The van der Waals surface area contributed by atoms with E-state index in [-0.39, 0.29) is 0 Å². The molecule has 0 radical (unpaired) electrons. The maximum atomic E-state index is 6.51. The quantitative estimate of drug-likeness (QED) is 0.650. The Morgan fingerprint density at radius 3 is 2.00 bits per heavy atom. The van der Waals surface area contributed by atoms with Gasteiger partial charge < -0.3 is 4.74 Å². The highest BCUT2D eigenvalue weighted by Crippen LogP contribution is 2.53. The molecule has 0 bridgehead atoms. The zero-order chi connectivity index (χ0) is 13.3. The summed E-state index contributed by atoms with van der Waals surface area (Å²) in [5.74, 6) is 1.69. The summed E-state index contributed by atoms with van der Waals surface area (Å²) in [7, 11) is 0. The van der Waals surface area contributed by atoms with Gasteiger partial charge in [0.1, 0.15) is 0 Å². The summed E-state index contributed by atoms with van der Waals surface area (Å²) in [5, 5.41) is 0. The summed E-state index contributed by atoms with van der Waals surface area (Å²) >= 11 is 3.85. The van der Waals surface area contributed by atoms with E-state index in [1.54, 1.807) is 0 Å². The first-order valence-electron chi connectivity index (χ1n) is 7.81. The van der Waals surface area contributed by atoms with Gasteiger partial charge in [-0.1, -0.05) is 43.6 Å². The van der Waals surface area contributed by atoms with Crippen LogP contribution in [0.5, 0.6) is 0 Å². The maximum absolute atomic E-state index is 6.51. The van der Waals surface area contributed by atoms with Gasteiger partial charge in [-0.3, -0.25) is 0 Å². The van der Waals surface area contributed by atoms with Crippen LogP contribution in [0.1, 0.15) is 66.2 Å². The lowest BCUT2D eigenvalue weighted by molar-refractivity contribution is -0.154. The third-order valence-electron chi connectivity index (χ3n) is 5.49. The van der Waals surface area contributed by atoms with E-state index < -0.39 is 0 Å². The minimum absolute atomic E-state index is 0.407. The number of rotatable bonds is 4. The molecule has 0 aromatic carbocycles. The van der Waals surface area contributed by atoms with E-state index >= 15 is 0 Å². The lowest BCUT2D eigenvalue weighted by atomic mass is 9.62. The molecule has 2 rings (SSSR count). The van der Waals surface area contributed by atoms with Crippen LogP contribution in [0.2, 0.25) is 0 Å². The van der Waals surface area contributed by atoms with E-state index in [0.717, 1.165) is 11.8 Å². The molecule has 2 fully saturated rings. The summed E-state index contributed by atoms with van der Waals surface area (Å²) < 4.78 is 6.51. The standard InChI is InChI=1S/C16H29BrO/c1-5-16(6-2)14(17)10-15(16)18-13-8-11(3)7-12(4)9-13/h11-15H,5-10H2,1-4H3. The number of alkyl halides is 1. The number of hydrogen-bond donors (Lipinski definition) is 0. The van der Waals surface area contributed by atoms with Crippen molar-refractivity contribution in [2.45, 2.75) is 83.3 Å². The lowest BCUT2D eigenvalue weighted by Crippen LogP contribution is -2.56. The van der Waals surface area contributed by atoms with Gasteiger partial charge in [-0.2, -0.15) is 0 Å². The van der Waals surface area contributed by atoms with Crippen LogP contribution in [0, 0.1) is 17.3 Å². The first-order valence-corrected chi connectivity index (χ1v) is 8.72. The van der Waals surface area contributed by atoms with E-state index in [0.29, 0.717) is 22.5 Å². The van der Waals surface area contributed by atoms with Gasteiger partial charge in [0, 0.05) is 10.2 Å². The Kier molecular flexibility index (Phi) is 4.80. The Labute approximate surface area is 121 Å². The van der Waals surface area contributed by atoms with Crippen LogP contribution in [0.15, 0.2) is 0 Å². The van der Waals surface area contributed by atoms with Crippen molar-refractivity contribution in [2.75, 3.05) is 0 Å². The summed E-state index contributed by atoms with van der Waals surface area (Å²) in [6.45, 7) is 9.40. The summed E-state index contributed by atoms with van der Waals surface area (Å²) in [4.78, 5) is 0.670. The second-order valence-corrected chi connectivity index (χ2v) is 7.91. The summed E-state index contributed by atoms with van der Waals surface area (Å²) in [6.07, 6.45) is 8.64. The molecule has 4 unspecified atom stereocenters. The molecule has 4 atom stereocenters. The molecular weight excluding hydrogens is 288 g/mol. The second kappa shape index (κ2) is 5.83. The minimum Gasteiger partial charge on any atom is -0.374 e. The molecule has 1 nitrogen and oxygen atoms in total. The maximum Gasteiger partial charge on any atom is 0.0656 e. The fourth-order valence-corrected chi connectivity index (χ4v) is 5.54. The molecular formula is C16H29BrO. The summed E-state index contributed by atoms with van der Waals surface area (Å²) in [6, 6.07) is 0. The zero-order valence-electron chi connectivity index (χ0n) is 12.4. The normalized spacial score (nSPS) is 43.5. The molecule has 0 N–H and O–H groups in total. The first-order chi connectivity index (χ1) is 8.51. The molecule has 2 aliphatic carbocycles. The molecule has 18 heavy (non-hydrogen) atoms. The molecule has 0 spiro atoms. The smallest absolute Gasteiger partial charge is 0.0656 e. The van der Waals surface area contributed by atoms with E-state index in [2.05, 4.69) is 43.6 Å². The van der Waals surface area contributed by atoms with Gasteiger partial charge in [0.05, 0.1) is 12.2 Å². The molecule has 106 valence electrons. The molecule has 0 aliphatic heterocycles. The highest BCUT2D eigenvalue weighted by atomic mass is 79.9. The predicted octanol–water partition coefficient (Wildman–Crippen LogP) is 5.17. The van der Waals surface area contributed by atoms with E-state index in [4.69, 9.17) is 4.74 Å². The van der Waals surface area contributed by atoms with Gasteiger partial charge >= 0.3 is 0 Å². The van der Waals surface area contributed by atoms with Gasteiger partial charge in [-0.25, -0.2) is 0 Å². The van der Waals surface area contributed by atoms with Gasteiger partial charge in [-0.05, 0) is 50.4 Å². The number of hydrogen-bond acceptors (Lipinski definition) is 1. The predicted molar refractivity (Wildman–Crippen MR) is 81.2 cm³/mol. The molecule has 0 heterocycles. The third-order valence-corrected chi connectivity index (χ3v) is 6.78. The van der Waals surface area contributed by atoms with Crippen molar-refractivity contribution in [2.24, 2.45) is 17.3 Å². The zero-order valence-corrected chi connectivity index (χ0v) is 14.0. The highest BCUT2D eigenvalue weighted by Gasteiger charge is 2.53. The van der Waals surface area contributed by atoms with Gasteiger partial charge in [0.25, 0.3) is 0 Å². The van der Waals surface area contributed by atoms with Crippen molar-refractivity contribution in [3.05, 3.63) is 0 Å². The minimum atomic E-state index is 0.407. The Morgan fingerprint density at radius 2 is 1.56 bits per heavy atom. The van der Waals surface area contributed by atoms with Crippen molar-refractivity contribution >= 4 is 15.9 Å². The van der Waals surface area contributed by atoms with Crippen molar-refractivity contribution < 1.29 is 4.74 Å². The number of ether oxygens (including phenoxy) is 1. The average Bonchev–Trinajstić information content (AvgIpc) is 2.29. The Balaban J connectivity index is 1.93. The Hall–Kier alpha value is 0.440. The van der Waals surface area contributed by atoms with Crippen molar-refractivity contribution in [3.63, 3.8) is 0 Å². The molecule has 0 saturated heterocycles. The van der Waals surface area contributed by atoms with Crippen LogP contribution in [0.4, 0.5) is 0 Å². The van der Waals surface area contributed by atoms with Crippen LogP contribution in [0.25, 0.3) is 0 Å². The first kappa shape index (κ1) is 14.8. The molecule has 2 aliphatic rings. The van der Waals surface area contributed by atoms with Crippen molar-refractivity contribution in [1.82, 2.24) is 0 Å². The van der Waals surface area contributed by atoms with Gasteiger partial charge in [-0.15, -0.1) is 0 Å². The molecule has 0 aromatic rings. The largest absolute Gasteiger partial charge is 0.374 e. The van der Waals surface area contributed by atoms with Crippen molar-refractivity contribution in [3.8, 4) is 0 Å². The second-order valence-electron chi connectivity index (χ2n) is 6.81. The molecule has 2 saturated carbocycles. The van der Waals surface area contributed by atoms with Crippen molar-refractivity contribution in [1.29, 1.82) is 0 Å². The molecule has 0 aromatic heterocycles. The van der Waals surface area contributed by atoms with Crippen LogP contribution in [0.3, 0.4) is 0 Å². The SMILES string of the molecule is CCC1(CC)C(Br)CC1OC1CC(C)CC(C)C1. The number of halogens is 1. The van der Waals surface area contributed by atoms with E-state index in [1.165, 1.54) is 38.5 Å². The van der Waals surface area contributed by atoms with Crippen LogP contribution < -0.4 is 0 Å². The van der Waals surface area contributed by atoms with E-state index in [9.17, 15) is 0 Å². The van der Waals surface area contributed by atoms with Crippen LogP contribution in [-0.4, -0.2) is 17.0 Å². The van der Waals surface area contributed by atoms with E-state index in [1.807, 2.05) is 0 Å². The van der Waals surface area contributed by atoms with Gasteiger partial charge in [0.15, 0.2) is 0 Å². The third kappa shape index (κ3) is 2.65. The Morgan fingerprint density at radius 1 is 1.00 bits per heavy atom. The fraction of sp³-hybridized carbons (Fsp3) is 1.00. The fourth-order valence-electron chi connectivity index (χ4n) is 4.25. The van der Waals surface area contributed by atoms with Crippen LogP contribution >= 0.6 is 15.9 Å². The average molecular weight is 317 g/mol. The lowest BCUT2D eigenvalue weighted by Gasteiger charge is -2.54. The Bertz CT molecular complexity index is 264. The monoisotopic (exact) mass is 316 g/mol. The topological polar surface area (TPSA) is 9.23 Å². The van der Waals surface area contributed by atoms with Crippen LogP contribution in [-0.2, 0) is 4.74 Å². The molecule has 2 heteroatoms. The highest BCUT2D eigenvalue weighted by molar-refractivity contribution is 9.09. The summed E-state index contributed by atoms with van der Waals surface area (Å²) in [5.41, 5.74) is 0.407. The molecule has 0 amide bonds. The van der Waals surface area contributed by atoms with Gasteiger partial charge in [0.2, 0.25) is 0 Å².